The normalized spacial score (nSPS) is 13.3. The fourth-order valence-corrected chi connectivity index (χ4v) is 1.89. The van der Waals surface area contributed by atoms with Gasteiger partial charge >= 0.3 is 5.97 Å². The molecule has 1 atom stereocenters. The SMILES string of the molecule is COC(=O)[C@@H](C)/[N+]([O-])=C/c1cccc2ccccc12. The van der Waals surface area contributed by atoms with Gasteiger partial charge in [0.25, 0.3) is 6.04 Å². The zero-order chi connectivity index (χ0) is 13.8. The van der Waals surface area contributed by atoms with E-state index in [9.17, 15) is 10.0 Å². The van der Waals surface area contributed by atoms with Gasteiger partial charge in [-0.15, -0.1) is 0 Å². The van der Waals surface area contributed by atoms with Crippen LogP contribution < -0.4 is 0 Å². The summed E-state index contributed by atoms with van der Waals surface area (Å²) in [4.78, 5) is 11.3. The Morgan fingerprint density at radius 2 is 1.95 bits per heavy atom. The molecule has 0 aromatic heterocycles. The summed E-state index contributed by atoms with van der Waals surface area (Å²) in [6.45, 7) is 1.51. The van der Waals surface area contributed by atoms with E-state index in [0.29, 0.717) is 4.74 Å². The number of rotatable bonds is 3. The van der Waals surface area contributed by atoms with Crippen molar-refractivity contribution in [2.24, 2.45) is 0 Å². The van der Waals surface area contributed by atoms with Crippen molar-refractivity contribution in [3.8, 4) is 0 Å². The highest BCUT2D eigenvalue weighted by atomic mass is 16.5. The molecule has 0 saturated carbocycles. The van der Waals surface area contributed by atoms with Gasteiger partial charge in [0.15, 0.2) is 6.21 Å². The highest BCUT2D eigenvalue weighted by Gasteiger charge is 2.20. The molecule has 2 rings (SSSR count). The number of carbonyl (C=O) groups is 1. The van der Waals surface area contributed by atoms with Crippen molar-refractivity contribution in [2.75, 3.05) is 7.11 Å². The minimum atomic E-state index is -0.857. The lowest BCUT2D eigenvalue weighted by Gasteiger charge is -2.10. The molecule has 19 heavy (non-hydrogen) atoms. The number of fused-ring (bicyclic) bond motifs is 1. The second kappa shape index (κ2) is 5.52. The zero-order valence-electron chi connectivity index (χ0n) is 10.9. The number of carbonyl (C=O) groups excluding carboxylic acids is 1. The summed E-state index contributed by atoms with van der Waals surface area (Å²) in [5.41, 5.74) is 0.781. The largest absolute Gasteiger partial charge is 0.623 e. The molecule has 0 aliphatic carbocycles. The molecule has 0 aliphatic heterocycles. The molecule has 0 fully saturated rings. The molecular formula is C15H15NO3. The Balaban J connectivity index is 2.43. The number of esters is 1. The Labute approximate surface area is 111 Å². The minimum Gasteiger partial charge on any atom is -0.623 e. The molecule has 0 spiro atoms. The molecule has 98 valence electrons. The Morgan fingerprint density at radius 1 is 1.26 bits per heavy atom. The van der Waals surface area contributed by atoms with E-state index in [-0.39, 0.29) is 0 Å². The fraction of sp³-hybridized carbons (Fsp3) is 0.200. The minimum absolute atomic E-state index is 0.550. The van der Waals surface area contributed by atoms with Gasteiger partial charge in [-0.1, -0.05) is 36.4 Å². The maximum Gasteiger partial charge on any atom is 0.376 e. The van der Waals surface area contributed by atoms with E-state index >= 15 is 0 Å². The van der Waals surface area contributed by atoms with Gasteiger partial charge in [0.05, 0.1) is 7.11 Å². The Kier molecular flexibility index (Phi) is 3.80. The summed E-state index contributed by atoms with van der Waals surface area (Å²) in [6, 6.07) is 12.6. The van der Waals surface area contributed by atoms with Gasteiger partial charge in [-0.3, -0.25) is 0 Å². The van der Waals surface area contributed by atoms with Crippen LogP contribution in [0.25, 0.3) is 10.8 Å². The first-order valence-corrected chi connectivity index (χ1v) is 5.99. The van der Waals surface area contributed by atoms with Crippen molar-refractivity contribution in [3.63, 3.8) is 0 Å². The number of methoxy groups -OCH3 is 1. The second-order valence-electron chi connectivity index (χ2n) is 4.26. The van der Waals surface area contributed by atoms with Crippen molar-refractivity contribution in [2.45, 2.75) is 13.0 Å². The third-order valence-corrected chi connectivity index (χ3v) is 3.01. The van der Waals surface area contributed by atoms with Crippen LogP contribution in [0.1, 0.15) is 12.5 Å². The molecule has 0 unspecified atom stereocenters. The number of hydroxylamine groups is 1. The Bertz CT molecular complexity index is 629. The van der Waals surface area contributed by atoms with E-state index in [0.717, 1.165) is 16.3 Å². The van der Waals surface area contributed by atoms with E-state index < -0.39 is 12.0 Å². The van der Waals surface area contributed by atoms with Gasteiger partial charge in [-0.05, 0) is 16.8 Å². The fourth-order valence-electron chi connectivity index (χ4n) is 1.89. The van der Waals surface area contributed by atoms with Crippen LogP contribution in [0.4, 0.5) is 0 Å². The van der Waals surface area contributed by atoms with Crippen LogP contribution in [0.5, 0.6) is 0 Å². The van der Waals surface area contributed by atoms with Crippen molar-refractivity contribution in [3.05, 3.63) is 53.2 Å². The molecule has 4 heteroatoms. The molecule has 0 N–H and O–H groups in total. The van der Waals surface area contributed by atoms with Crippen LogP contribution in [-0.2, 0) is 9.53 Å². The number of ether oxygens (including phenoxy) is 1. The first kappa shape index (κ1) is 13.1. The summed E-state index contributed by atoms with van der Waals surface area (Å²) in [6.07, 6.45) is 1.42. The lowest BCUT2D eigenvalue weighted by atomic mass is 10.1. The maximum atomic E-state index is 11.9. The third-order valence-electron chi connectivity index (χ3n) is 3.01. The second-order valence-corrected chi connectivity index (χ2v) is 4.26. The van der Waals surface area contributed by atoms with Gasteiger partial charge in [0.2, 0.25) is 0 Å². The number of hydrogen-bond donors (Lipinski definition) is 0. The summed E-state index contributed by atoms with van der Waals surface area (Å²) >= 11 is 0. The highest BCUT2D eigenvalue weighted by Crippen LogP contribution is 2.16. The summed E-state index contributed by atoms with van der Waals surface area (Å²) in [7, 11) is 1.27. The van der Waals surface area contributed by atoms with Crippen LogP contribution in [-0.4, -0.2) is 30.1 Å². The quantitative estimate of drug-likeness (QED) is 0.279. The van der Waals surface area contributed by atoms with Gasteiger partial charge in [-0.2, -0.15) is 4.74 Å². The van der Waals surface area contributed by atoms with E-state index in [1.54, 1.807) is 0 Å². The molecule has 0 amide bonds. The van der Waals surface area contributed by atoms with Gasteiger partial charge in [0, 0.05) is 12.5 Å². The smallest absolute Gasteiger partial charge is 0.376 e. The predicted octanol–water partition coefficient (Wildman–Crippen LogP) is 2.33. The average molecular weight is 257 g/mol. The molecule has 0 bridgehead atoms. The average Bonchev–Trinajstić information content (AvgIpc) is 2.46. The van der Waals surface area contributed by atoms with Crippen LogP contribution in [0, 0.1) is 5.21 Å². The van der Waals surface area contributed by atoms with Crippen LogP contribution >= 0.6 is 0 Å². The van der Waals surface area contributed by atoms with Crippen molar-refractivity contribution in [1.82, 2.24) is 0 Å². The standard InChI is InChI=1S/C15H15NO3/c1-11(15(17)19-2)16(18)10-13-8-5-7-12-6-3-4-9-14(12)13/h3-11H,1-2H3/b16-10-/t11-/m1/s1. The van der Waals surface area contributed by atoms with Crippen LogP contribution in [0.3, 0.4) is 0 Å². The summed E-state index contributed by atoms with van der Waals surface area (Å²) in [5, 5.41) is 13.9. The first-order valence-electron chi connectivity index (χ1n) is 5.99. The van der Waals surface area contributed by atoms with Gasteiger partial charge in [-0.25, -0.2) is 4.79 Å². The monoisotopic (exact) mass is 257 g/mol. The first-order chi connectivity index (χ1) is 9.13. The molecule has 0 heterocycles. The topological polar surface area (TPSA) is 52.4 Å². The summed E-state index contributed by atoms with van der Waals surface area (Å²) < 4.78 is 5.18. The number of nitrogens with zero attached hydrogens (tertiary/aromatic N) is 1. The number of hydrogen-bond acceptors (Lipinski definition) is 3. The highest BCUT2D eigenvalue weighted by molar-refractivity contribution is 5.98. The molecular weight excluding hydrogens is 242 g/mol. The molecule has 0 saturated heterocycles. The van der Waals surface area contributed by atoms with Crippen LogP contribution in [0.2, 0.25) is 0 Å². The molecule has 0 aliphatic rings. The third kappa shape index (κ3) is 2.73. The lowest BCUT2D eigenvalue weighted by Crippen LogP contribution is -2.29. The molecule has 4 nitrogen and oxygen atoms in total. The summed E-state index contributed by atoms with van der Waals surface area (Å²) in [5.74, 6) is -0.550. The van der Waals surface area contributed by atoms with Gasteiger partial charge < -0.3 is 9.94 Å². The molecule has 0 radical (unpaired) electrons. The van der Waals surface area contributed by atoms with E-state index in [1.165, 1.54) is 20.2 Å². The number of benzene rings is 2. The van der Waals surface area contributed by atoms with E-state index in [1.807, 2.05) is 42.5 Å². The zero-order valence-corrected chi connectivity index (χ0v) is 10.9. The predicted molar refractivity (Wildman–Crippen MR) is 74.2 cm³/mol. The van der Waals surface area contributed by atoms with E-state index in [4.69, 9.17) is 0 Å². The Morgan fingerprint density at radius 3 is 2.68 bits per heavy atom. The molecule has 2 aromatic rings. The van der Waals surface area contributed by atoms with Crippen molar-refractivity contribution in [1.29, 1.82) is 0 Å². The van der Waals surface area contributed by atoms with Crippen molar-refractivity contribution >= 4 is 23.0 Å². The maximum absolute atomic E-state index is 11.9. The Hall–Kier alpha value is -2.36. The van der Waals surface area contributed by atoms with Crippen LogP contribution in [0.15, 0.2) is 42.5 Å². The van der Waals surface area contributed by atoms with Gasteiger partial charge in [0.1, 0.15) is 0 Å². The van der Waals surface area contributed by atoms with E-state index in [2.05, 4.69) is 4.74 Å². The molecule has 2 aromatic carbocycles. The van der Waals surface area contributed by atoms with Crippen molar-refractivity contribution < 1.29 is 14.3 Å². The lowest BCUT2D eigenvalue weighted by molar-refractivity contribution is -0.479.